The molecule has 0 spiro atoms. The number of amides is 1. The molecule has 1 amide bonds. The number of nitrogens with zero attached hydrogens (tertiary/aromatic N) is 4. The van der Waals surface area contributed by atoms with Crippen molar-refractivity contribution in [2.45, 2.75) is 26.2 Å². The van der Waals surface area contributed by atoms with E-state index in [0.29, 0.717) is 57.3 Å². The van der Waals surface area contributed by atoms with Crippen LogP contribution in [0.5, 0.6) is 0 Å². The van der Waals surface area contributed by atoms with Crippen molar-refractivity contribution in [3.05, 3.63) is 5.89 Å². The fourth-order valence-corrected chi connectivity index (χ4v) is 5.06. The molecule has 0 aliphatic carbocycles. The van der Waals surface area contributed by atoms with Gasteiger partial charge >= 0.3 is 6.01 Å². The summed E-state index contributed by atoms with van der Waals surface area (Å²) in [5, 5.41) is 7.80. The van der Waals surface area contributed by atoms with Crippen LogP contribution in [-0.4, -0.2) is 67.1 Å². The summed E-state index contributed by atoms with van der Waals surface area (Å²) in [6.07, 6.45) is 1.79. The summed E-state index contributed by atoms with van der Waals surface area (Å²) in [7, 11) is -2.86. The second-order valence-corrected chi connectivity index (χ2v) is 8.51. The second-order valence-electron chi connectivity index (χ2n) is 6.28. The second kappa shape index (κ2) is 6.46. The van der Waals surface area contributed by atoms with Gasteiger partial charge in [0.15, 0.2) is 9.84 Å². The molecule has 0 radical (unpaired) electrons. The molecule has 128 valence electrons. The number of anilines is 1. The Morgan fingerprint density at radius 3 is 2.57 bits per heavy atom. The van der Waals surface area contributed by atoms with E-state index in [4.69, 9.17) is 4.42 Å². The van der Waals surface area contributed by atoms with Crippen LogP contribution in [0.2, 0.25) is 0 Å². The van der Waals surface area contributed by atoms with Crippen LogP contribution in [0.4, 0.5) is 6.01 Å². The Balaban J connectivity index is 1.43. The number of aromatic nitrogens is 2. The number of aryl methyl sites for hydroxylation is 1. The van der Waals surface area contributed by atoms with Gasteiger partial charge in [0.25, 0.3) is 0 Å². The summed E-state index contributed by atoms with van der Waals surface area (Å²) in [6.45, 7) is 4.35. The van der Waals surface area contributed by atoms with Gasteiger partial charge in [-0.2, -0.15) is 0 Å². The molecule has 23 heavy (non-hydrogen) atoms. The Bertz CT molecular complexity index is 664. The molecule has 0 saturated carbocycles. The lowest BCUT2D eigenvalue weighted by Crippen LogP contribution is -2.49. The minimum atomic E-state index is -2.86. The minimum absolute atomic E-state index is 0.107. The maximum Gasteiger partial charge on any atom is 0.318 e. The van der Waals surface area contributed by atoms with Gasteiger partial charge in [0.2, 0.25) is 11.8 Å². The number of hydrogen-bond donors (Lipinski definition) is 0. The van der Waals surface area contributed by atoms with Gasteiger partial charge in [-0.3, -0.25) is 4.79 Å². The molecule has 1 aromatic heterocycles. The number of rotatable bonds is 4. The predicted octanol–water partition coefficient (Wildman–Crippen LogP) is 0.242. The average molecular weight is 342 g/mol. The molecule has 3 heterocycles. The molecule has 9 heteroatoms. The summed E-state index contributed by atoms with van der Waals surface area (Å²) >= 11 is 0. The maximum absolute atomic E-state index is 12.3. The summed E-state index contributed by atoms with van der Waals surface area (Å²) in [5.74, 6) is 1.30. The fraction of sp³-hybridized carbons (Fsp3) is 0.786. The van der Waals surface area contributed by atoms with Crippen molar-refractivity contribution in [2.24, 2.45) is 5.92 Å². The van der Waals surface area contributed by atoms with Crippen molar-refractivity contribution >= 4 is 21.8 Å². The van der Waals surface area contributed by atoms with E-state index < -0.39 is 9.84 Å². The van der Waals surface area contributed by atoms with E-state index in [0.717, 1.165) is 0 Å². The van der Waals surface area contributed by atoms with Crippen LogP contribution in [-0.2, 0) is 14.6 Å². The first-order valence-electron chi connectivity index (χ1n) is 7.96. The minimum Gasteiger partial charge on any atom is -0.408 e. The third-order valence-electron chi connectivity index (χ3n) is 4.51. The van der Waals surface area contributed by atoms with E-state index in [1.807, 2.05) is 9.80 Å². The largest absolute Gasteiger partial charge is 0.408 e. The third kappa shape index (κ3) is 4.01. The van der Waals surface area contributed by atoms with Crippen LogP contribution in [0.15, 0.2) is 4.42 Å². The Morgan fingerprint density at radius 2 is 2.00 bits per heavy atom. The molecular weight excluding hydrogens is 320 g/mol. The first-order chi connectivity index (χ1) is 10.9. The van der Waals surface area contributed by atoms with Gasteiger partial charge in [-0.15, -0.1) is 5.10 Å². The van der Waals surface area contributed by atoms with E-state index in [2.05, 4.69) is 10.2 Å². The summed E-state index contributed by atoms with van der Waals surface area (Å²) in [6, 6.07) is 0.505. The Kier molecular flexibility index (Phi) is 4.56. The summed E-state index contributed by atoms with van der Waals surface area (Å²) in [4.78, 5) is 16.1. The van der Waals surface area contributed by atoms with Crippen LogP contribution < -0.4 is 4.90 Å². The van der Waals surface area contributed by atoms with Gasteiger partial charge in [0.1, 0.15) is 0 Å². The molecule has 3 rings (SSSR count). The molecule has 8 nitrogen and oxygen atoms in total. The van der Waals surface area contributed by atoms with Crippen LogP contribution in [0.25, 0.3) is 0 Å². The molecule has 1 unspecified atom stereocenters. The average Bonchev–Trinajstić information content (AvgIpc) is 3.10. The highest BCUT2D eigenvalue weighted by molar-refractivity contribution is 7.91. The first-order valence-corrected chi connectivity index (χ1v) is 9.78. The monoisotopic (exact) mass is 342 g/mol. The molecule has 2 aliphatic rings. The highest BCUT2D eigenvalue weighted by Gasteiger charge is 2.29. The SMILES string of the molecule is Cc1nnc(N2CCN(C(=O)CCC3CCS(=O)(=O)C3)CC2)o1. The number of piperazine rings is 1. The van der Waals surface area contributed by atoms with Crippen molar-refractivity contribution in [3.63, 3.8) is 0 Å². The van der Waals surface area contributed by atoms with Crippen LogP contribution in [0, 0.1) is 12.8 Å². The van der Waals surface area contributed by atoms with Gasteiger partial charge in [-0.1, -0.05) is 5.10 Å². The van der Waals surface area contributed by atoms with Crippen LogP contribution in [0.3, 0.4) is 0 Å². The zero-order valence-corrected chi connectivity index (χ0v) is 14.1. The summed E-state index contributed by atoms with van der Waals surface area (Å²) in [5.41, 5.74) is 0. The number of carbonyl (C=O) groups is 1. The normalized spacial score (nSPS) is 24.1. The molecule has 1 atom stereocenters. The molecule has 0 N–H and O–H groups in total. The molecule has 2 saturated heterocycles. The van der Waals surface area contributed by atoms with Gasteiger partial charge < -0.3 is 14.2 Å². The Labute approximate surface area is 135 Å². The van der Waals surface area contributed by atoms with Crippen molar-refractivity contribution in [3.8, 4) is 0 Å². The number of hydrogen-bond acceptors (Lipinski definition) is 7. The van der Waals surface area contributed by atoms with Crippen LogP contribution in [0.1, 0.15) is 25.2 Å². The smallest absolute Gasteiger partial charge is 0.318 e. The topological polar surface area (TPSA) is 96.6 Å². The van der Waals surface area contributed by atoms with E-state index in [9.17, 15) is 13.2 Å². The quantitative estimate of drug-likeness (QED) is 0.773. The van der Waals surface area contributed by atoms with Gasteiger partial charge in [0.05, 0.1) is 11.5 Å². The van der Waals surface area contributed by atoms with E-state index >= 15 is 0 Å². The first kappa shape index (κ1) is 16.2. The molecule has 1 aromatic rings. The van der Waals surface area contributed by atoms with Crippen LogP contribution >= 0.6 is 0 Å². The zero-order chi connectivity index (χ0) is 16.4. The lowest BCUT2D eigenvalue weighted by Gasteiger charge is -2.33. The molecule has 2 aliphatic heterocycles. The number of carbonyl (C=O) groups excluding carboxylic acids is 1. The van der Waals surface area contributed by atoms with Gasteiger partial charge in [0, 0.05) is 39.5 Å². The Hall–Kier alpha value is -1.64. The van der Waals surface area contributed by atoms with E-state index in [1.54, 1.807) is 6.92 Å². The van der Waals surface area contributed by atoms with Crippen molar-refractivity contribution in [1.29, 1.82) is 0 Å². The predicted molar refractivity (Wildman–Crippen MR) is 83.8 cm³/mol. The third-order valence-corrected chi connectivity index (χ3v) is 6.35. The molecule has 0 aromatic carbocycles. The highest BCUT2D eigenvalue weighted by atomic mass is 32.2. The maximum atomic E-state index is 12.3. The standard InChI is InChI=1S/C14H22N4O4S/c1-11-15-16-14(22-11)18-7-5-17(6-8-18)13(19)3-2-12-4-9-23(20,21)10-12/h12H,2-10H2,1H3. The fourth-order valence-electron chi connectivity index (χ4n) is 3.15. The van der Waals surface area contributed by atoms with Gasteiger partial charge in [-0.25, -0.2) is 8.42 Å². The van der Waals surface area contributed by atoms with Crippen molar-refractivity contribution in [1.82, 2.24) is 15.1 Å². The highest BCUT2D eigenvalue weighted by Crippen LogP contribution is 2.23. The molecular formula is C14H22N4O4S. The van der Waals surface area contributed by atoms with Crippen molar-refractivity contribution in [2.75, 3.05) is 42.6 Å². The lowest BCUT2D eigenvalue weighted by atomic mass is 10.0. The summed E-state index contributed by atoms with van der Waals surface area (Å²) < 4.78 is 28.3. The number of sulfone groups is 1. The van der Waals surface area contributed by atoms with E-state index in [-0.39, 0.29) is 23.3 Å². The lowest BCUT2D eigenvalue weighted by molar-refractivity contribution is -0.131. The van der Waals surface area contributed by atoms with Crippen molar-refractivity contribution < 1.29 is 17.6 Å². The molecule has 2 fully saturated rings. The van der Waals surface area contributed by atoms with E-state index in [1.165, 1.54) is 0 Å². The Morgan fingerprint density at radius 1 is 1.26 bits per heavy atom. The van der Waals surface area contributed by atoms with Gasteiger partial charge in [-0.05, 0) is 18.8 Å². The zero-order valence-electron chi connectivity index (χ0n) is 13.3. The molecule has 0 bridgehead atoms.